The second kappa shape index (κ2) is 3.48. The first-order valence-electron chi connectivity index (χ1n) is 5.14. The van der Waals surface area contributed by atoms with Crippen LogP contribution in [0.2, 0.25) is 0 Å². The minimum absolute atomic E-state index is 0.120. The van der Waals surface area contributed by atoms with Gasteiger partial charge in [-0.25, -0.2) is 0 Å². The molecule has 2 unspecified atom stereocenters. The van der Waals surface area contributed by atoms with Crippen LogP contribution >= 0.6 is 0 Å². The van der Waals surface area contributed by atoms with E-state index in [9.17, 15) is 5.11 Å². The second-order valence-electron chi connectivity index (χ2n) is 3.90. The van der Waals surface area contributed by atoms with E-state index in [-0.39, 0.29) is 18.0 Å². The van der Waals surface area contributed by atoms with Crippen LogP contribution in [-0.2, 0) is 9.47 Å². The predicted molar refractivity (Wildman–Crippen MR) is 53.5 cm³/mol. The van der Waals surface area contributed by atoms with E-state index in [1.165, 1.54) is 0 Å². The topological polar surface area (TPSA) is 50.7 Å². The van der Waals surface area contributed by atoms with Gasteiger partial charge in [0, 0.05) is 18.7 Å². The number of rotatable bonds is 1. The molecule has 2 aliphatic heterocycles. The minimum Gasteiger partial charge on any atom is -0.507 e. The number of ether oxygens (including phenoxy) is 2. The molecular formula is C11H13NO3. The molecule has 0 aliphatic carbocycles. The van der Waals surface area contributed by atoms with Crippen LogP contribution in [0, 0.1) is 0 Å². The first kappa shape index (κ1) is 9.15. The van der Waals surface area contributed by atoms with Gasteiger partial charge in [0.15, 0.2) is 6.29 Å². The lowest BCUT2D eigenvalue weighted by Gasteiger charge is -2.13. The van der Waals surface area contributed by atoms with Gasteiger partial charge in [-0.1, -0.05) is 18.2 Å². The Labute approximate surface area is 87.8 Å². The highest BCUT2D eigenvalue weighted by Gasteiger charge is 2.40. The van der Waals surface area contributed by atoms with Gasteiger partial charge >= 0.3 is 0 Å². The summed E-state index contributed by atoms with van der Waals surface area (Å²) in [5.74, 6) is 0.232. The van der Waals surface area contributed by atoms with Crippen molar-refractivity contribution < 1.29 is 14.6 Å². The monoisotopic (exact) mass is 207 g/mol. The van der Waals surface area contributed by atoms with Gasteiger partial charge < -0.3 is 19.9 Å². The van der Waals surface area contributed by atoms with E-state index in [4.69, 9.17) is 9.47 Å². The number of hydrogen-bond donors (Lipinski definition) is 2. The SMILES string of the molecule is Oc1ccccc1C1OC2CNCC2O1. The quantitative estimate of drug-likeness (QED) is 0.714. The number of phenols is 1. The zero-order chi connectivity index (χ0) is 10.3. The largest absolute Gasteiger partial charge is 0.507 e. The van der Waals surface area contributed by atoms with Crippen LogP contribution in [0.4, 0.5) is 0 Å². The molecule has 2 saturated heterocycles. The molecule has 2 heterocycles. The molecule has 0 spiro atoms. The molecule has 4 nitrogen and oxygen atoms in total. The summed E-state index contributed by atoms with van der Waals surface area (Å²) in [5, 5.41) is 12.9. The van der Waals surface area contributed by atoms with Gasteiger partial charge in [0.1, 0.15) is 18.0 Å². The molecule has 0 saturated carbocycles. The van der Waals surface area contributed by atoms with E-state index >= 15 is 0 Å². The molecule has 2 aliphatic rings. The summed E-state index contributed by atoms with van der Waals surface area (Å²) in [7, 11) is 0. The third-order valence-corrected chi connectivity index (χ3v) is 2.89. The maximum atomic E-state index is 9.66. The second-order valence-corrected chi connectivity index (χ2v) is 3.90. The van der Waals surface area contributed by atoms with E-state index in [2.05, 4.69) is 5.32 Å². The van der Waals surface area contributed by atoms with Crippen molar-refractivity contribution in [2.75, 3.05) is 13.1 Å². The van der Waals surface area contributed by atoms with Gasteiger partial charge in [-0.05, 0) is 6.07 Å². The van der Waals surface area contributed by atoms with E-state index in [1.807, 2.05) is 12.1 Å². The Hall–Kier alpha value is -1.10. The van der Waals surface area contributed by atoms with Crippen LogP contribution in [-0.4, -0.2) is 30.4 Å². The summed E-state index contributed by atoms with van der Waals surface area (Å²) < 4.78 is 11.4. The smallest absolute Gasteiger partial charge is 0.188 e. The number of phenolic OH excluding ortho intramolecular Hbond substituents is 1. The van der Waals surface area contributed by atoms with Crippen LogP contribution in [0.25, 0.3) is 0 Å². The molecular weight excluding hydrogens is 194 g/mol. The number of hydrogen-bond acceptors (Lipinski definition) is 4. The van der Waals surface area contributed by atoms with Crippen molar-refractivity contribution in [3.63, 3.8) is 0 Å². The molecule has 0 radical (unpaired) electrons. The summed E-state index contributed by atoms with van der Waals surface area (Å²) in [5.41, 5.74) is 0.715. The first-order valence-corrected chi connectivity index (χ1v) is 5.14. The van der Waals surface area contributed by atoms with Gasteiger partial charge in [0.2, 0.25) is 0 Å². The Kier molecular flexibility index (Phi) is 2.12. The minimum atomic E-state index is -0.414. The highest BCUT2D eigenvalue weighted by atomic mass is 16.7. The predicted octanol–water partition coefficient (Wildman–Crippen LogP) is 0.778. The normalized spacial score (nSPS) is 34.3. The Morgan fingerprint density at radius 1 is 1.13 bits per heavy atom. The molecule has 15 heavy (non-hydrogen) atoms. The van der Waals surface area contributed by atoms with Crippen molar-refractivity contribution in [3.8, 4) is 5.75 Å². The number of aromatic hydroxyl groups is 1. The Bertz CT molecular complexity index is 357. The summed E-state index contributed by atoms with van der Waals surface area (Å²) in [6, 6.07) is 7.13. The molecule has 0 amide bonds. The standard InChI is InChI=1S/C11H13NO3/c13-8-4-2-1-3-7(8)11-14-9-5-12-6-10(9)15-11/h1-4,9-13H,5-6H2. The van der Waals surface area contributed by atoms with Gasteiger partial charge in [-0.15, -0.1) is 0 Å². The Morgan fingerprint density at radius 3 is 2.47 bits per heavy atom. The van der Waals surface area contributed by atoms with Crippen LogP contribution in [0.5, 0.6) is 5.75 Å². The maximum absolute atomic E-state index is 9.66. The first-order chi connectivity index (χ1) is 7.34. The Morgan fingerprint density at radius 2 is 1.80 bits per heavy atom. The molecule has 2 N–H and O–H groups in total. The van der Waals surface area contributed by atoms with E-state index < -0.39 is 6.29 Å². The fourth-order valence-electron chi connectivity index (χ4n) is 2.09. The van der Waals surface area contributed by atoms with E-state index in [0.717, 1.165) is 13.1 Å². The third kappa shape index (κ3) is 1.51. The molecule has 2 atom stereocenters. The van der Waals surface area contributed by atoms with Crippen molar-refractivity contribution in [3.05, 3.63) is 29.8 Å². The summed E-state index contributed by atoms with van der Waals surface area (Å²) in [6.45, 7) is 1.66. The Balaban J connectivity index is 1.82. The third-order valence-electron chi connectivity index (χ3n) is 2.89. The van der Waals surface area contributed by atoms with Crippen LogP contribution in [0.15, 0.2) is 24.3 Å². The molecule has 1 aromatic carbocycles. The number of nitrogens with one attached hydrogen (secondary N) is 1. The van der Waals surface area contributed by atoms with Crippen molar-refractivity contribution in [2.45, 2.75) is 18.5 Å². The average Bonchev–Trinajstić information content (AvgIpc) is 2.77. The van der Waals surface area contributed by atoms with Crippen molar-refractivity contribution in [1.82, 2.24) is 5.32 Å². The molecule has 0 bridgehead atoms. The zero-order valence-corrected chi connectivity index (χ0v) is 8.22. The van der Waals surface area contributed by atoms with Gasteiger partial charge in [-0.2, -0.15) is 0 Å². The lowest BCUT2D eigenvalue weighted by atomic mass is 10.2. The summed E-state index contributed by atoms with van der Waals surface area (Å²) in [4.78, 5) is 0. The van der Waals surface area contributed by atoms with Crippen molar-refractivity contribution >= 4 is 0 Å². The fraction of sp³-hybridized carbons (Fsp3) is 0.455. The maximum Gasteiger partial charge on any atom is 0.188 e. The summed E-state index contributed by atoms with van der Waals surface area (Å²) >= 11 is 0. The van der Waals surface area contributed by atoms with Crippen LogP contribution < -0.4 is 5.32 Å². The van der Waals surface area contributed by atoms with Gasteiger partial charge in [0.05, 0.1) is 0 Å². The molecule has 80 valence electrons. The van der Waals surface area contributed by atoms with Crippen molar-refractivity contribution in [2.24, 2.45) is 0 Å². The van der Waals surface area contributed by atoms with Crippen molar-refractivity contribution in [1.29, 1.82) is 0 Å². The van der Waals surface area contributed by atoms with Gasteiger partial charge in [-0.3, -0.25) is 0 Å². The molecule has 0 aromatic heterocycles. The average molecular weight is 207 g/mol. The lowest BCUT2D eigenvalue weighted by Crippen LogP contribution is -2.18. The number of para-hydroxylation sites is 1. The highest BCUT2D eigenvalue weighted by molar-refractivity contribution is 5.33. The highest BCUT2D eigenvalue weighted by Crippen LogP contribution is 2.36. The molecule has 3 rings (SSSR count). The molecule has 1 aromatic rings. The summed E-state index contributed by atoms with van der Waals surface area (Å²) in [6.07, 6.45) is -0.174. The van der Waals surface area contributed by atoms with E-state index in [1.54, 1.807) is 12.1 Å². The fourth-order valence-corrected chi connectivity index (χ4v) is 2.09. The number of fused-ring (bicyclic) bond motifs is 1. The lowest BCUT2D eigenvalue weighted by molar-refractivity contribution is -0.0740. The number of benzene rings is 1. The van der Waals surface area contributed by atoms with Gasteiger partial charge in [0.25, 0.3) is 0 Å². The van der Waals surface area contributed by atoms with Crippen LogP contribution in [0.1, 0.15) is 11.9 Å². The molecule has 2 fully saturated rings. The molecule has 4 heteroatoms. The van der Waals surface area contributed by atoms with E-state index in [0.29, 0.717) is 5.56 Å². The van der Waals surface area contributed by atoms with Crippen LogP contribution in [0.3, 0.4) is 0 Å². The zero-order valence-electron chi connectivity index (χ0n) is 8.22.